The Balaban J connectivity index is 1.97. The monoisotopic (exact) mass is 396 g/mol. The lowest BCUT2D eigenvalue weighted by molar-refractivity contribution is 0.103. The maximum absolute atomic E-state index is 5.58. The van der Waals surface area contributed by atoms with Gasteiger partial charge in [0, 0.05) is 36.7 Å². The van der Waals surface area contributed by atoms with Crippen LogP contribution in [0.1, 0.15) is 43.7 Å². The molecule has 4 nitrogen and oxygen atoms in total. The van der Waals surface area contributed by atoms with Gasteiger partial charge in [0.2, 0.25) is 0 Å². The van der Waals surface area contributed by atoms with Crippen molar-refractivity contribution in [1.29, 1.82) is 0 Å². The SMILES string of the molecule is COc1cc(Br)c([C@@H](C2CCCCC2)N2CCNCC2)cc1OC. The molecule has 0 aromatic heterocycles. The summed E-state index contributed by atoms with van der Waals surface area (Å²) in [4.78, 5) is 2.67. The molecular formula is C19H29BrN2O2. The lowest BCUT2D eigenvalue weighted by atomic mass is 9.80. The fraction of sp³-hybridized carbons (Fsp3) is 0.684. The second-order valence-corrected chi connectivity index (χ2v) is 7.71. The summed E-state index contributed by atoms with van der Waals surface area (Å²) in [6.45, 7) is 4.38. The smallest absolute Gasteiger partial charge is 0.161 e. The molecule has 2 aliphatic rings. The van der Waals surface area contributed by atoms with Crippen LogP contribution in [-0.2, 0) is 0 Å². The van der Waals surface area contributed by atoms with Gasteiger partial charge >= 0.3 is 0 Å². The topological polar surface area (TPSA) is 33.7 Å². The van der Waals surface area contributed by atoms with Crippen LogP contribution in [0.5, 0.6) is 11.5 Å². The number of piperazine rings is 1. The Bertz CT molecular complexity index is 522. The van der Waals surface area contributed by atoms with Crippen molar-refractivity contribution in [2.45, 2.75) is 38.1 Å². The van der Waals surface area contributed by atoms with Gasteiger partial charge in [0.15, 0.2) is 11.5 Å². The minimum atomic E-state index is 0.460. The van der Waals surface area contributed by atoms with E-state index < -0.39 is 0 Å². The molecule has 1 aromatic carbocycles. The van der Waals surface area contributed by atoms with E-state index in [0.717, 1.165) is 48.1 Å². The first-order chi connectivity index (χ1) is 11.7. The van der Waals surface area contributed by atoms with E-state index in [1.165, 1.54) is 37.7 Å². The third kappa shape index (κ3) is 3.89. The molecule has 5 heteroatoms. The normalized spacial score (nSPS) is 21.5. The standard InChI is InChI=1S/C19H29BrN2O2/c1-23-17-12-15(16(20)13-18(17)24-2)19(14-6-4-3-5-7-14)22-10-8-21-9-11-22/h12-14,19,21H,3-11H2,1-2H3/t19-/m1/s1. The van der Waals surface area contributed by atoms with Gasteiger partial charge in [0.25, 0.3) is 0 Å². The Morgan fingerprint density at radius 3 is 2.29 bits per heavy atom. The molecule has 1 aromatic rings. The Hall–Kier alpha value is -0.780. The molecule has 0 bridgehead atoms. The third-order valence-corrected chi connectivity index (χ3v) is 6.15. The van der Waals surface area contributed by atoms with Gasteiger partial charge in [0.1, 0.15) is 0 Å². The van der Waals surface area contributed by atoms with Crippen LogP contribution in [0.15, 0.2) is 16.6 Å². The van der Waals surface area contributed by atoms with Crippen molar-refractivity contribution < 1.29 is 9.47 Å². The maximum atomic E-state index is 5.58. The van der Waals surface area contributed by atoms with Crippen LogP contribution in [0.2, 0.25) is 0 Å². The minimum absolute atomic E-state index is 0.460. The molecule has 1 aliphatic heterocycles. The lowest BCUT2D eigenvalue weighted by Crippen LogP contribution is -2.47. The molecule has 1 aliphatic carbocycles. The average molecular weight is 397 g/mol. The largest absolute Gasteiger partial charge is 0.493 e. The van der Waals surface area contributed by atoms with E-state index in [-0.39, 0.29) is 0 Å². The molecule has 24 heavy (non-hydrogen) atoms. The number of benzene rings is 1. The van der Waals surface area contributed by atoms with Crippen LogP contribution in [-0.4, -0.2) is 45.3 Å². The number of nitrogens with one attached hydrogen (secondary N) is 1. The predicted molar refractivity (Wildman–Crippen MR) is 101 cm³/mol. The number of halogens is 1. The summed E-state index contributed by atoms with van der Waals surface area (Å²) < 4.78 is 12.2. The van der Waals surface area contributed by atoms with Crippen molar-refractivity contribution in [1.82, 2.24) is 10.2 Å². The second kappa shape index (κ2) is 8.54. The van der Waals surface area contributed by atoms with Gasteiger partial charge in [-0.25, -0.2) is 0 Å². The maximum Gasteiger partial charge on any atom is 0.161 e. The first-order valence-electron chi connectivity index (χ1n) is 9.10. The molecule has 3 rings (SSSR count). The minimum Gasteiger partial charge on any atom is -0.493 e. The van der Waals surface area contributed by atoms with E-state index in [4.69, 9.17) is 9.47 Å². The summed E-state index contributed by atoms with van der Waals surface area (Å²) in [5, 5.41) is 3.48. The summed E-state index contributed by atoms with van der Waals surface area (Å²) in [5.41, 5.74) is 1.35. The van der Waals surface area contributed by atoms with Crippen molar-refractivity contribution in [3.8, 4) is 11.5 Å². The molecule has 0 unspecified atom stereocenters. The molecule has 0 radical (unpaired) electrons. The summed E-state index contributed by atoms with van der Waals surface area (Å²) in [7, 11) is 3.41. The molecule has 2 fully saturated rings. The number of nitrogens with zero attached hydrogens (tertiary/aromatic N) is 1. The van der Waals surface area contributed by atoms with Crippen molar-refractivity contribution in [3.63, 3.8) is 0 Å². The second-order valence-electron chi connectivity index (χ2n) is 6.86. The number of methoxy groups -OCH3 is 2. The summed E-state index contributed by atoms with van der Waals surface area (Å²) >= 11 is 3.81. The predicted octanol–water partition coefficient (Wildman–Crippen LogP) is 3.99. The molecule has 1 saturated heterocycles. The highest BCUT2D eigenvalue weighted by molar-refractivity contribution is 9.10. The van der Waals surface area contributed by atoms with Gasteiger partial charge in [-0.2, -0.15) is 0 Å². The van der Waals surface area contributed by atoms with Crippen molar-refractivity contribution in [2.75, 3.05) is 40.4 Å². The quantitative estimate of drug-likeness (QED) is 0.815. The van der Waals surface area contributed by atoms with Crippen LogP contribution < -0.4 is 14.8 Å². The zero-order valence-corrected chi connectivity index (χ0v) is 16.4. The first kappa shape index (κ1) is 18.0. The fourth-order valence-corrected chi connectivity index (χ4v) is 4.81. The average Bonchev–Trinajstić information content (AvgIpc) is 2.64. The van der Waals surface area contributed by atoms with Crippen LogP contribution in [0.3, 0.4) is 0 Å². The van der Waals surface area contributed by atoms with E-state index in [1.54, 1.807) is 14.2 Å². The summed E-state index contributed by atoms with van der Waals surface area (Å²) in [5.74, 6) is 2.34. The fourth-order valence-electron chi connectivity index (χ4n) is 4.26. The van der Waals surface area contributed by atoms with Gasteiger partial charge in [-0.1, -0.05) is 35.2 Å². The highest BCUT2D eigenvalue weighted by atomic mass is 79.9. The van der Waals surface area contributed by atoms with Crippen LogP contribution in [0.25, 0.3) is 0 Å². The van der Waals surface area contributed by atoms with Crippen molar-refractivity contribution >= 4 is 15.9 Å². The van der Waals surface area contributed by atoms with E-state index >= 15 is 0 Å². The van der Waals surface area contributed by atoms with Gasteiger partial charge in [-0.05, 0) is 36.5 Å². The van der Waals surface area contributed by atoms with Gasteiger partial charge in [-0.15, -0.1) is 0 Å². The van der Waals surface area contributed by atoms with Gasteiger partial charge in [-0.3, -0.25) is 4.90 Å². The summed E-state index contributed by atoms with van der Waals surface area (Å²) in [6.07, 6.45) is 6.76. The zero-order chi connectivity index (χ0) is 16.9. The van der Waals surface area contributed by atoms with E-state index in [1.807, 2.05) is 0 Å². The van der Waals surface area contributed by atoms with Crippen LogP contribution >= 0.6 is 15.9 Å². The Kier molecular flexibility index (Phi) is 6.42. The van der Waals surface area contributed by atoms with Gasteiger partial charge in [0.05, 0.1) is 14.2 Å². The zero-order valence-electron chi connectivity index (χ0n) is 14.8. The molecule has 1 heterocycles. The first-order valence-corrected chi connectivity index (χ1v) is 9.90. The molecule has 0 spiro atoms. The molecular weight excluding hydrogens is 368 g/mol. The molecule has 1 saturated carbocycles. The van der Waals surface area contributed by atoms with E-state index in [9.17, 15) is 0 Å². The number of rotatable bonds is 5. The van der Waals surface area contributed by atoms with Crippen molar-refractivity contribution in [2.24, 2.45) is 5.92 Å². The highest BCUT2D eigenvalue weighted by Gasteiger charge is 2.32. The highest BCUT2D eigenvalue weighted by Crippen LogP contribution is 2.44. The Morgan fingerprint density at radius 1 is 1.04 bits per heavy atom. The molecule has 0 amide bonds. The molecule has 1 atom stereocenters. The number of hydrogen-bond donors (Lipinski definition) is 1. The molecule has 1 N–H and O–H groups in total. The molecule has 134 valence electrons. The van der Waals surface area contributed by atoms with Gasteiger partial charge < -0.3 is 14.8 Å². The van der Waals surface area contributed by atoms with Crippen molar-refractivity contribution in [3.05, 3.63) is 22.2 Å². The number of hydrogen-bond acceptors (Lipinski definition) is 4. The van der Waals surface area contributed by atoms with E-state index in [0.29, 0.717) is 6.04 Å². The number of ether oxygens (including phenoxy) is 2. The lowest BCUT2D eigenvalue weighted by Gasteiger charge is -2.41. The summed E-state index contributed by atoms with van der Waals surface area (Å²) in [6, 6.07) is 4.71. The Labute approximate surface area is 154 Å². The van der Waals surface area contributed by atoms with Crippen LogP contribution in [0.4, 0.5) is 0 Å². The van der Waals surface area contributed by atoms with E-state index in [2.05, 4.69) is 38.3 Å². The third-order valence-electron chi connectivity index (χ3n) is 5.46. The Morgan fingerprint density at radius 2 is 1.67 bits per heavy atom. The van der Waals surface area contributed by atoms with Crippen LogP contribution in [0, 0.1) is 5.92 Å².